The first-order valence-corrected chi connectivity index (χ1v) is 6.18. The number of fused-ring (bicyclic) bond motifs is 1. The molecule has 100 valence electrons. The van der Waals surface area contributed by atoms with E-state index in [1.807, 2.05) is 25.1 Å². The van der Waals surface area contributed by atoms with E-state index >= 15 is 0 Å². The Hall–Kier alpha value is -2.23. The van der Waals surface area contributed by atoms with Crippen LogP contribution >= 0.6 is 0 Å². The highest BCUT2D eigenvalue weighted by molar-refractivity contribution is 5.91. The maximum absolute atomic E-state index is 11.8. The summed E-state index contributed by atoms with van der Waals surface area (Å²) in [5.41, 5.74) is 3.04. The third-order valence-electron chi connectivity index (χ3n) is 3.11. The number of amides is 1. The summed E-state index contributed by atoms with van der Waals surface area (Å²) < 4.78 is 5.23. The van der Waals surface area contributed by atoms with Gasteiger partial charge in [0.2, 0.25) is 5.91 Å². The number of nitrogens with one attached hydrogen (secondary N) is 2. The molecule has 0 atom stereocenters. The molecule has 0 saturated carbocycles. The number of aromatic amines is 1. The molecule has 0 fully saturated rings. The molecule has 2 rings (SSSR count). The van der Waals surface area contributed by atoms with E-state index in [1.165, 1.54) is 0 Å². The van der Waals surface area contributed by atoms with Gasteiger partial charge >= 0.3 is 0 Å². The highest BCUT2D eigenvalue weighted by Gasteiger charge is 2.12. The zero-order valence-electron chi connectivity index (χ0n) is 11.2. The van der Waals surface area contributed by atoms with Crippen molar-refractivity contribution in [3.63, 3.8) is 0 Å². The summed E-state index contributed by atoms with van der Waals surface area (Å²) >= 11 is 0. The minimum absolute atomic E-state index is 0.00767. The van der Waals surface area contributed by atoms with Gasteiger partial charge in [0.25, 0.3) is 0 Å². The Balaban J connectivity index is 2.33. The number of H-pyrrole nitrogens is 1. The van der Waals surface area contributed by atoms with Crippen molar-refractivity contribution in [3.8, 4) is 5.75 Å². The van der Waals surface area contributed by atoms with Gasteiger partial charge in [-0.25, -0.2) is 0 Å². The molecule has 1 amide bonds. The predicted octanol–water partition coefficient (Wildman–Crippen LogP) is 2.33. The molecule has 0 aliphatic rings. The number of aromatic nitrogens is 1. The second-order valence-corrected chi connectivity index (χ2v) is 4.41. The van der Waals surface area contributed by atoms with Crippen LogP contribution in [0.25, 0.3) is 10.9 Å². The Labute approximate surface area is 112 Å². The van der Waals surface area contributed by atoms with E-state index in [4.69, 9.17) is 4.74 Å². The standard InChI is InChI=1S/C15H18N2O2/c1-4-7-16-15(18)9-12-10(2)17-14-6-5-11(19-3)8-13(12)14/h4-6,8,17H,1,7,9H2,2-3H3,(H,16,18). The van der Waals surface area contributed by atoms with Crippen LogP contribution < -0.4 is 10.1 Å². The van der Waals surface area contributed by atoms with E-state index in [9.17, 15) is 4.79 Å². The Bertz CT molecular complexity index is 614. The molecule has 0 bridgehead atoms. The SMILES string of the molecule is C=CCNC(=O)Cc1c(C)[nH]c2ccc(OC)cc12. The van der Waals surface area contributed by atoms with Crippen molar-refractivity contribution < 1.29 is 9.53 Å². The summed E-state index contributed by atoms with van der Waals surface area (Å²) in [5.74, 6) is 0.783. The van der Waals surface area contributed by atoms with Crippen molar-refractivity contribution >= 4 is 16.8 Å². The third-order valence-corrected chi connectivity index (χ3v) is 3.11. The Morgan fingerprint density at radius 3 is 3.00 bits per heavy atom. The topological polar surface area (TPSA) is 54.1 Å². The third kappa shape index (κ3) is 2.78. The van der Waals surface area contributed by atoms with Gasteiger partial charge in [0.05, 0.1) is 13.5 Å². The molecule has 0 aliphatic carbocycles. The summed E-state index contributed by atoms with van der Waals surface area (Å²) in [6, 6.07) is 5.82. The van der Waals surface area contributed by atoms with Gasteiger partial charge in [-0.3, -0.25) is 4.79 Å². The zero-order chi connectivity index (χ0) is 13.8. The second-order valence-electron chi connectivity index (χ2n) is 4.41. The first kappa shape index (κ1) is 13.2. The predicted molar refractivity (Wildman–Crippen MR) is 76.5 cm³/mol. The smallest absolute Gasteiger partial charge is 0.224 e. The molecule has 0 saturated heterocycles. The summed E-state index contributed by atoms with van der Waals surface area (Å²) in [6.45, 7) is 6.05. The van der Waals surface area contributed by atoms with Crippen molar-refractivity contribution in [1.29, 1.82) is 0 Å². The fraction of sp³-hybridized carbons (Fsp3) is 0.267. The lowest BCUT2D eigenvalue weighted by atomic mass is 10.1. The fourth-order valence-corrected chi connectivity index (χ4v) is 2.13. The minimum atomic E-state index is -0.00767. The molecule has 19 heavy (non-hydrogen) atoms. The highest BCUT2D eigenvalue weighted by Crippen LogP contribution is 2.26. The van der Waals surface area contributed by atoms with E-state index < -0.39 is 0 Å². The largest absolute Gasteiger partial charge is 0.497 e. The maximum Gasteiger partial charge on any atom is 0.224 e. The van der Waals surface area contributed by atoms with Crippen LogP contribution in [0.5, 0.6) is 5.75 Å². The monoisotopic (exact) mass is 258 g/mol. The molecule has 4 nitrogen and oxygen atoms in total. The first-order valence-electron chi connectivity index (χ1n) is 6.18. The zero-order valence-corrected chi connectivity index (χ0v) is 11.2. The van der Waals surface area contributed by atoms with Crippen LogP contribution in [0, 0.1) is 6.92 Å². The second kappa shape index (κ2) is 5.61. The van der Waals surface area contributed by atoms with Crippen LogP contribution in [-0.2, 0) is 11.2 Å². The Morgan fingerprint density at radius 1 is 1.53 bits per heavy atom. The van der Waals surface area contributed by atoms with Gasteiger partial charge in [0.1, 0.15) is 5.75 Å². The van der Waals surface area contributed by atoms with Crippen LogP contribution in [0.3, 0.4) is 0 Å². The molecule has 2 N–H and O–H groups in total. The van der Waals surface area contributed by atoms with Gasteiger partial charge < -0.3 is 15.0 Å². The molecule has 1 heterocycles. The molecule has 2 aromatic rings. The number of benzene rings is 1. The van der Waals surface area contributed by atoms with Gasteiger partial charge in [-0.2, -0.15) is 0 Å². The number of hydrogen-bond donors (Lipinski definition) is 2. The lowest BCUT2D eigenvalue weighted by molar-refractivity contribution is -0.120. The summed E-state index contributed by atoms with van der Waals surface area (Å²) in [6.07, 6.45) is 2.02. The quantitative estimate of drug-likeness (QED) is 0.809. The van der Waals surface area contributed by atoms with Crippen LogP contribution in [0.1, 0.15) is 11.3 Å². The number of rotatable bonds is 5. The average Bonchev–Trinajstić information content (AvgIpc) is 2.72. The van der Waals surface area contributed by atoms with E-state index in [0.29, 0.717) is 13.0 Å². The van der Waals surface area contributed by atoms with Crippen LogP contribution in [0.4, 0.5) is 0 Å². The number of carbonyl (C=O) groups is 1. The lowest BCUT2D eigenvalue weighted by Gasteiger charge is -2.04. The molecular weight excluding hydrogens is 240 g/mol. The average molecular weight is 258 g/mol. The number of hydrogen-bond acceptors (Lipinski definition) is 2. The van der Waals surface area contributed by atoms with Gasteiger partial charge in [0.15, 0.2) is 0 Å². The van der Waals surface area contributed by atoms with Gasteiger partial charge in [-0.1, -0.05) is 6.08 Å². The summed E-state index contributed by atoms with van der Waals surface area (Å²) in [7, 11) is 1.64. The normalized spacial score (nSPS) is 10.4. The van der Waals surface area contributed by atoms with E-state index in [-0.39, 0.29) is 5.91 Å². The minimum Gasteiger partial charge on any atom is -0.497 e. The fourth-order valence-electron chi connectivity index (χ4n) is 2.13. The van der Waals surface area contributed by atoms with Crippen molar-refractivity contribution in [2.75, 3.05) is 13.7 Å². The van der Waals surface area contributed by atoms with Crippen molar-refractivity contribution in [2.45, 2.75) is 13.3 Å². The molecular formula is C15H18N2O2. The number of methoxy groups -OCH3 is 1. The van der Waals surface area contributed by atoms with Gasteiger partial charge in [0, 0.05) is 23.1 Å². The molecule has 0 spiro atoms. The molecule has 4 heteroatoms. The molecule has 1 aromatic heterocycles. The Morgan fingerprint density at radius 2 is 2.32 bits per heavy atom. The van der Waals surface area contributed by atoms with Crippen LogP contribution in [-0.4, -0.2) is 24.5 Å². The van der Waals surface area contributed by atoms with E-state index in [1.54, 1.807) is 13.2 Å². The van der Waals surface area contributed by atoms with Crippen LogP contribution in [0.15, 0.2) is 30.9 Å². The number of ether oxygens (including phenoxy) is 1. The highest BCUT2D eigenvalue weighted by atomic mass is 16.5. The molecule has 0 radical (unpaired) electrons. The molecule has 0 aliphatic heterocycles. The summed E-state index contributed by atoms with van der Waals surface area (Å²) in [4.78, 5) is 15.1. The number of aryl methyl sites for hydroxylation is 1. The van der Waals surface area contributed by atoms with Crippen molar-refractivity contribution in [1.82, 2.24) is 10.3 Å². The van der Waals surface area contributed by atoms with Crippen molar-refractivity contribution in [2.24, 2.45) is 0 Å². The van der Waals surface area contributed by atoms with E-state index in [0.717, 1.165) is 27.9 Å². The van der Waals surface area contributed by atoms with E-state index in [2.05, 4.69) is 16.9 Å². The van der Waals surface area contributed by atoms with Crippen molar-refractivity contribution in [3.05, 3.63) is 42.1 Å². The van der Waals surface area contributed by atoms with Gasteiger partial charge in [-0.05, 0) is 30.7 Å². The first-order chi connectivity index (χ1) is 9.15. The Kier molecular flexibility index (Phi) is 3.90. The van der Waals surface area contributed by atoms with Crippen LogP contribution in [0.2, 0.25) is 0 Å². The maximum atomic E-state index is 11.8. The number of carbonyl (C=O) groups excluding carboxylic acids is 1. The molecule has 0 unspecified atom stereocenters. The summed E-state index contributed by atoms with van der Waals surface area (Å²) in [5, 5.41) is 3.82. The molecule has 1 aromatic carbocycles. The lowest BCUT2D eigenvalue weighted by Crippen LogP contribution is -2.25. The van der Waals surface area contributed by atoms with Gasteiger partial charge in [-0.15, -0.1) is 6.58 Å².